The lowest BCUT2D eigenvalue weighted by Gasteiger charge is -2.06. The highest BCUT2D eigenvalue weighted by Crippen LogP contribution is 2.28. The number of nitrogens with zero attached hydrogens (tertiary/aromatic N) is 2. The van der Waals surface area contributed by atoms with Crippen molar-refractivity contribution in [1.82, 2.24) is 14.5 Å². The fourth-order valence-electron chi connectivity index (χ4n) is 3.24. The van der Waals surface area contributed by atoms with Crippen molar-refractivity contribution in [1.29, 1.82) is 0 Å². The molecule has 2 aromatic heterocycles. The SMILES string of the molecule is O=c1nc(/C=C/c2cn(Cc3ccccc3F)c3ccccc23)cc(C(F)(F)F)[nH]1. The average Bonchev–Trinajstić information content (AvgIpc) is 3.05. The number of hydrogen-bond acceptors (Lipinski definition) is 2. The molecule has 4 aromatic rings. The first kappa shape index (κ1) is 19.6. The van der Waals surface area contributed by atoms with Crippen molar-refractivity contribution in [2.75, 3.05) is 0 Å². The molecule has 4 rings (SSSR count). The second-order valence-electron chi connectivity index (χ2n) is 6.68. The molecule has 0 saturated heterocycles. The van der Waals surface area contributed by atoms with Gasteiger partial charge >= 0.3 is 11.9 Å². The Kier molecular flexibility index (Phi) is 4.99. The quantitative estimate of drug-likeness (QED) is 0.473. The van der Waals surface area contributed by atoms with Gasteiger partial charge in [-0.25, -0.2) is 9.18 Å². The second kappa shape index (κ2) is 7.62. The highest BCUT2D eigenvalue weighted by Gasteiger charge is 2.32. The summed E-state index contributed by atoms with van der Waals surface area (Å²) in [4.78, 5) is 16.7. The molecule has 0 unspecified atom stereocenters. The summed E-state index contributed by atoms with van der Waals surface area (Å²) in [7, 11) is 0. The molecule has 0 radical (unpaired) electrons. The maximum absolute atomic E-state index is 14.1. The maximum atomic E-state index is 14.1. The maximum Gasteiger partial charge on any atom is 0.431 e. The van der Waals surface area contributed by atoms with Gasteiger partial charge in [-0.1, -0.05) is 42.5 Å². The molecule has 0 saturated carbocycles. The topological polar surface area (TPSA) is 50.7 Å². The van der Waals surface area contributed by atoms with Gasteiger partial charge < -0.3 is 9.55 Å². The van der Waals surface area contributed by atoms with Crippen molar-refractivity contribution in [2.24, 2.45) is 0 Å². The summed E-state index contributed by atoms with van der Waals surface area (Å²) in [6, 6.07) is 14.6. The van der Waals surface area contributed by atoms with Crippen LogP contribution >= 0.6 is 0 Å². The van der Waals surface area contributed by atoms with Crippen LogP contribution in [-0.4, -0.2) is 14.5 Å². The third-order valence-corrected chi connectivity index (χ3v) is 4.62. The number of rotatable bonds is 4. The molecular formula is C22H15F4N3O. The van der Waals surface area contributed by atoms with Gasteiger partial charge in [-0.15, -0.1) is 0 Å². The van der Waals surface area contributed by atoms with Crippen LogP contribution in [0, 0.1) is 5.82 Å². The van der Waals surface area contributed by atoms with E-state index < -0.39 is 17.6 Å². The van der Waals surface area contributed by atoms with E-state index in [1.807, 2.05) is 28.8 Å². The molecule has 0 aliphatic carbocycles. The molecule has 0 bridgehead atoms. The van der Waals surface area contributed by atoms with Crippen LogP contribution in [-0.2, 0) is 12.7 Å². The first-order valence-electron chi connectivity index (χ1n) is 8.99. The van der Waals surface area contributed by atoms with Gasteiger partial charge in [0.15, 0.2) is 0 Å². The Morgan fingerprint density at radius 2 is 1.77 bits per heavy atom. The van der Waals surface area contributed by atoms with E-state index in [0.717, 1.165) is 17.0 Å². The lowest BCUT2D eigenvalue weighted by atomic mass is 10.1. The molecular weight excluding hydrogens is 398 g/mol. The zero-order chi connectivity index (χ0) is 21.3. The molecule has 152 valence electrons. The lowest BCUT2D eigenvalue weighted by molar-refractivity contribution is -0.141. The van der Waals surface area contributed by atoms with Crippen LogP contribution < -0.4 is 5.69 Å². The van der Waals surface area contributed by atoms with Crippen molar-refractivity contribution in [3.8, 4) is 0 Å². The number of fused-ring (bicyclic) bond motifs is 1. The zero-order valence-electron chi connectivity index (χ0n) is 15.4. The van der Waals surface area contributed by atoms with Crippen LogP contribution in [0.4, 0.5) is 17.6 Å². The molecule has 4 nitrogen and oxygen atoms in total. The van der Waals surface area contributed by atoms with E-state index in [2.05, 4.69) is 4.98 Å². The van der Waals surface area contributed by atoms with Crippen LogP contribution in [0.2, 0.25) is 0 Å². The predicted octanol–water partition coefficient (Wildman–Crippen LogP) is 5.10. The summed E-state index contributed by atoms with van der Waals surface area (Å²) in [5, 5.41) is 0.839. The van der Waals surface area contributed by atoms with E-state index >= 15 is 0 Å². The molecule has 0 aliphatic rings. The summed E-state index contributed by atoms with van der Waals surface area (Å²) in [6.07, 6.45) is 0.0354. The Morgan fingerprint density at radius 3 is 2.53 bits per heavy atom. The largest absolute Gasteiger partial charge is 0.431 e. The number of benzene rings is 2. The van der Waals surface area contributed by atoms with Crippen LogP contribution in [0.1, 0.15) is 22.5 Å². The number of nitrogens with one attached hydrogen (secondary N) is 1. The summed E-state index contributed by atoms with van der Waals surface area (Å²) in [6.45, 7) is 0.294. The summed E-state index contributed by atoms with van der Waals surface area (Å²) in [5.74, 6) is -0.320. The predicted molar refractivity (Wildman–Crippen MR) is 106 cm³/mol. The molecule has 0 aliphatic heterocycles. The third kappa shape index (κ3) is 4.03. The van der Waals surface area contributed by atoms with Crippen LogP contribution in [0.5, 0.6) is 0 Å². The fourth-order valence-corrected chi connectivity index (χ4v) is 3.24. The van der Waals surface area contributed by atoms with Gasteiger partial charge in [0.05, 0.1) is 12.2 Å². The Bertz CT molecular complexity index is 1300. The van der Waals surface area contributed by atoms with Gasteiger partial charge in [-0.05, 0) is 24.3 Å². The highest BCUT2D eigenvalue weighted by molar-refractivity contribution is 5.92. The van der Waals surface area contributed by atoms with Gasteiger partial charge in [-0.3, -0.25) is 0 Å². The number of aromatic nitrogens is 3. The first-order chi connectivity index (χ1) is 14.3. The van der Waals surface area contributed by atoms with E-state index in [9.17, 15) is 22.4 Å². The van der Waals surface area contributed by atoms with Crippen molar-refractivity contribution >= 4 is 23.1 Å². The number of H-pyrrole nitrogens is 1. The van der Waals surface area contributed by atoms with Gasteiger partial charge in [0, 0.05) is 28.2 Å². The monoisotopic (exact) mass is 413 g/mol. The molecule has 8 heteroatoms. The normalized spacial score (nSPS) is 12.1. The Hall–Kier alpha value is -3.68. The fraction of sp³-hybridized carbons (Fsp3) is 0.0909. The highest BCUT2D eigenvalue weighted by atomic mass is 19.4. The molecule has 0 amide bonds. The van der Waals surface area contributed by atoms with E-state index in [0.29, 0.717) is 17.7 Å². The van der Waals surface area contributed by atoms with Gasteiger partial charge in [-0.2, -0.15) is 18.2 Å². The van der Waals surface area contributed by atoms with E-state index in [1.54, 1.807) is 35.5 Å². The van der Waals surface area contributed by atoms with Crippen molar-refractivity contribution in [3.63, 3.8) is 0 Å². The van der Waals surface area contributed by atoms with Gasteiger partial charge in [0.1, 0.15) is 11.5 Å². The standard InChI is InChI=1S/C22H15F4N3O/c23-18-7-3-1-5-15(18)13-29-12-14(17-6-2-4-8-19(17)29)9-10-16-11-20(22(24,25)26)28-21(30)27-16/h1-12H,13H2,(H,27,28,30)/b10-9+. The van der Waals surface area contributed by atoms with E-state index in [4.69, 9.17) is 0 Å². The van der Waals surface area contributed by atoms with E-state index in [1.165, 1.54) is 12.1 Å². The van der Waals surface area contributed by atoms with Gasteiger partial charge in [0.25, 0.3) is 0 Å². The smallest absolute Gasteiger partial charge is 0.342 e. The van der Waals surface area contributed by atoms with Gasteiger partial charge in [0.2, 0.25) is 0 Å². The average molecular weight is 413 g/mol. The zero-order valence-corrected chi connectivity index (χ0v) is 15.4. The molecule has 0 atom stereocenters. The third-order valence-electron chi connectivity index (χ3n) is 4.62. The number of aromatic amines is 1. The molecule has 30 heavy (non-hydrogen) atoms. The molecule has 2 heterocycles. The summed E-state index contributed by atoms with van der Waals surface area (Å²) < 4.78 is 54.6. The molecule has 2 aromatic carbocycles. The Morgan fingerprint density at radius 1 is 1.03 bits per heavy atom. The number of hydrogen-bond donors (Lipinski definition) is 1. The second-order valence-corrected chi connectivity index (χ2v) is 6.68. The van der Waals surface area contributed by atoms with Crippen molar-refractivity contribution < 1.29 is 17.6 Å². The van der Waals surface area contributed by atoms with Crippen LogP contribution in [0.15, 0.2) is 65.6 Å². The summed E-state index contributed by atoms with van der Waals surface area (Å²) in [5.41, 5.74) is -0.291. The van der Waals surface area contributed by atoms with E-state index in [-0.39, 0.29) is 11.5 Å². The first-order valence-corrected chi connectivity index (χ1v) is 8.99. The number of alkyl halides is 3. The summed E-state index contributed by atoms with van der Waals surface area (Å²) >= 11 is 0. The molecule has 0 spiro atoms. The Labute approximate surface area is 168 Å². The minimum Gasteiger partial charge on any atom is -0.342 e. The lowest BCUT2D eigenvalue weighted by Crippen LogP contribution is -2.19. The van der Waals surface area contributed by atoms with Crippen LogP contribution in [0.25, 0.3) is 23.1 Å². The minimum absolute atomic E-state index is 0.114. The van der Waals surface area contributed by atoms with Crippen molar-refractivity contribution in [3.05, 3.63) is 99.6 Å². The van der Waals surface area contributed by atoms with Crippen LogP contribution in [0.3, 0.4) is 0 Å². The molecule has 1 N–H and O–H groups in total. The number of halogens is 4. The molecule has 0 fully saturated rings. The minimum atomic E-state index is -4.68. The Balaban J connectivity index is 1.73. The van der Waals surface area contributed by atoms with Crippen molar-refractivity contribution in [2.45, 2.75) is 12.7 Å². The number of para-hydroxylation sites is 1.